The molecule has 4 amide bonds. The fourth-order valence-corrected chi connectivity index (χ4v) is 3.56. The van der Waals surface area contributed by atoms with Crippen LogP contribution in [0.15, 0.2) is 0 Å². The van der Waals surface area contributed by atoms with Gasteiger partial charge in [0.05, 0.1) is 18.7 Å². The van der Waals surface area contributed by atoms with Gasteiger partial charge in [0.25, 0.3) is 0 Å². The van der Waals surface area contributed by atoms with Crippen LogP contribution in [-0.2, 0) is 24.0 Å². The Morgan fingerprint density at radius 3 is 1.89 bits per heavy atom. The van der Waals surface area contributed by atoms with Gasteiger partial charge in [0.2, 0.25) is 23.6 Å². The molecule has 0 aliphatic carbocycles. The molecule has 0 bridgehead atoms. The lowest BCUT2D eigenvalue weighted by molar-refractivity contribution is -0.135. The van der Waals surface area contributed by atoms with E-state index in [4.69, 9.17) is 5.73 Å². The Kier molecular flexibility index (Phi) is 16.2. The van der Waals surface area contributed by atoms with Crippen molar-refractivity contribution in [3.05, 3.63) is 0 Å². The summed E-state index contributed by atoms with van der Waals surface area (Å²) in [5.74, 6) is -1.89. The Balaban J connectivity index is 5.41. The highest BCUT2D eigenvalue weighted by molar-refractivity contribution is 7.98. The van der Waals surface area contributed by atoms with Crippen LogP contribution in [0, 0.1) is 11.8 Å². The van der Waals surface area contributed by atoms with Gasteiger partial charge in [-0.3, -0.25) is 19.2 Å². The van der Waals surface area contributed by atoms with Gasteiger partial charge < -0.3 is 36.9 Å². The zero-order chi connectivity index (χ0) is 27.1. The molecular formula is C23H43N5O6S. The summed E-state index contributed by atoms with van der Waals surface area (Å²) in [7, 11) is 0. The van der Waals surface area contributed by atoms with E-state index in [0.29, 0.717) is 24.9 Å². The van der Waals surface area contributed by atoms with Crippen molar-refractivity contribution in [1.29, 1.82) is 0 Å². The van der Waals surface area contributed by atoms with E-state index in [-0.39, 0.29) is 18.3 Å². The number of rotatable bonds is 17. The Morgan fingerprint density at radius 1 is 0.886 bits per heavy atom. The first kappa shape index (κ1) is 32.8. The van der Waals surface area contributed by atoms with E-state index in [0.717, 1.165) is 0 Å². The molecule has 0 aromatic heterocycles. The quantitative estimate of drug-likeness (QED) is 0.137. The van der Waals surface area contributed by atoms with Crippen molar-refractivity contribution in [1.82, 2.24) is 21.3 Å². The Labute approximate surface area is 212 Å². The summed E-state index contributed by atoms with van der Waals surface area (Å²) in [6, 6.07) is -4.77. The van der Waals surface area contributed by atoms with Crippen molar-refractivity contribution < 1.29 is 29.1 Å². The number of aldehydes is 1. The highest BCUT2D eigenvalue weighted by atomic mass is 32.2. The molecule has 6 atom stereocenters. The molecule has 0 heterocycles. The second-order valence-electron chi connectivity index (χ2n) is 9.12. The largest absolute Gasteiger partial charge is 0.394 e. The predicted octanol–water partition coefficient (Wildman–Crippen LogP) is -0.691. The molecule has 0 aromatic rings. The standard InChI is InChI=1S/C23H43N5O6S/c1-7-14(4)19(24)23(34)27-17(10-13(2)3)21(32)28-18(12-30)22(33)26-16(8-9-35-6)20(31)25-15(5)11-29/h11,13-19,30H,7-10,12,24H2,1-6H3,(H,25,31)(H,26,33)(H,27,34)(H,28,32)/t14-,15-,16-,17-,18-,19-/m0/s1. The van der Waals surface area contributed by atoms with Crippen molar-refractivity contribution in [3.63, 3.8) is 0 Å². The van der Waals surface area contributed by atoms with Gasteiger partial charge in [0.1, 0.15) is 24.4 Å². The van der Waals surface area contributed by atoms with Crippen LogP contribution in [0.3, 0.4) is 0 Å². The number of hydrogen-bond acceptors (Lipinski definition) is 8. The lowest BCUT2D eigenvalue weighted by Crippen LogP contribution is -2.59. The summed E-state index contributed by atoms with van der Waals surface area (Å²) in [6.07, 6.45) is 3.69. The third-order valence-electron chi connectivity index (χ3n) is 5.53. The van der Waals surface area contributed by atoms with Crippen molar-refractivity contribution in [3.8, 4) is 0 Å². The normalized spacial score (nSPS) is 16.3. The summed E-state index contributed by atoms with van der Waals surface area (Å²) in [4.78, 5) is 61.6. The van der Waals surface area contributed by atoms with Crippen LogP contribution in [0.4, 0.5) is 0 Å². The summed E-state index contributed by atoms with van der Waals surface area (Å²) in [5.41, 5.74) is 5.98. The SMILES string of the molecule is CC[C@H](C)[C@H](N)C(=O)N[C@@H](CC(C)C)C(=O)N[C@@H](CO)C(=O)N[C@@H](CCSC)C(=O)N[C@@H](C)C=O. The fraction of sp³-hybridized carbons (Fsp3) is 0.783. The van der Waals surface area contributed by atoms with Gasteiger partial charge in [-0.2, -0.15) is 11.8 Å². The molecule has 0 aromatic carbocycles. The van der Waals surface area contributed by atoms with E-state index in [2.05, 4.69) is 21.3 Å². The van der Waals surface area contributed by atoms with Crippen LogP contribution in [0.2, 0.25) is 0 Å². The molecule has 7 N–H and O–H groups in total. The Hall–Kier alpha value is -2.18. The van der Waals surface area contributed by atoms with Gasteiger partial charge >= 0.3 is 0 Å². The highest BCUT2D eigenvalue weighted by Crippen LogP contribution is 2.09. The zero-order valence-corrected chi connectivity index (χ0v) is 22.4. The van der Waals surface area contributed by atoms with Gasteiger partial charge in [0, 0.05) is 0 Å². The van der Waals surface area contributed by atoms with E-state index in [1.54, 1.807) is 0 Å². The van der Waals surface area contributed by atoms with Crippen LogP contribution < -0.4 is 27.0 Å². The fourth-order valence-electron chi connectivity index (χ4n) is 3.09. The third-order valence-corrected chi connectivity index (χ3v) is 6.18. The maximum absolute atomic E-state index is 12.9. The Bertz CT molecular complexity index is 708. The first-order valence-electron chi connectivity index (χ1n) is 11.9. The summed E-state index contributed by atoms with van der Waals surface area (Å²) in [5, 5.41) is 19.9. The number of aliphatic hydroxyl groups is 1. The van der Waals surface area contributed by atoms with Gasteiger partial charge in [-0.15, -0.1) is 0 Å². The van der Waals surface area contributed by atoms with E-state index in [1.165, 1.54) is 18.7 Å². The molecule has 35 heavy (non-hydrogen) atoms. The number of amides is 4. The zero-order valence-electron chi connectivity index (χ0n) is 21.6. The molecule has 11 nitrogen and oxygen atoms in total. The van der Waals surface area contributed by atoms with E-state index in [1.807, 2.05) is 34.0 Å². The van der Waals surface area contributed by atoms with Crippen LogP contribution >= 0.6 is 11.8 Å². The first-order valence-corrected chi connectivity index (χ1v) is 13.3. The van der Waals surface area contributed by atoms with Gasteiger partial charge in [-0.1, -0.05) is 34.1 Å². The van der Waals surface area contributed by atoms with E-state index in [9.17, 15) is 29.1 Å². The van der Waals surface area contributed by atoms with Gasteiger partial charge in [-0.05, 0) is 43.6 Å². The second-order valence-corrected chi connectivity index (χ2v) is 10.1. The molecular weight excluding hydrogens is 474 g/mol. The topological polar surface area (TPSA) is 180 Å². The van der Waals surface area contributed by atoms with Crippen LogP contribution in [0.25, 0.3) is 0 Å². The molecule has 0 fully saturated rings. The van der Waals surface area contributed by atoms with Crippen molar-refractivity contribution in [2.75, 3.05) is 18.6 Å². The molecule has 202 valence electrons. The van der Waals surface area contributed by atoms with Gasteiger partial charge in [0.15, 0.2) is 0 Å². The van der Waals surface area contributed by atoms with E-state index >= 15 is 0 Å². The number of carbonyl (C=O) groups is 5. The monoisotopic (exact) mass is 517 g/mol. The minimum Gasteiger partial charge on any atom is -0.394 e. The second kappa shape index (κ2) is 17.3. The molecule has 0 unspecified atom stereocenters. The number of hydrogen-bond donors (Lipinski definition) is 6. The average molecular weight is 518 g/mol. The molecule has 0 aliphatic rings. The highest BCUT2D eigenvalue weighted by Gasteiger charge is 2.31. The number of nitrogens with one attached hydrogen (secondary N) is 4. The molecule has 0 radical (unpaired) electrons. The molecule has 0 saturated carbocycles. The minimum absolute atomic E-state index is 0.0479. The van der Waals surface area contributed by atoms with Crippen LogP contribution in [0.5, 0.6) is 0 Å². The number of thioether (sulfide) groups is 1. The summed E-state index contributed by atoms with van der Waals surface area (Å²) < 4.78 is 0. The molecule has 0 spiro atoms. The van der Waals surface area contributed by atoms with E-state index < -0.39 is 60.4 Å². The molecule has 0 saturated heterocycles. The van der Waals surface area contributed by atoms with Crippen LogP contribution in [-0.4, -0.2) is 83.8 Å². The van der Waals surface area contributed by atoms with Gasteiger partial charge in [-0.25, -0.2) is 0 Å². The third kappa shape index (κ3) is 12.4. The smallest absolute Gasteiger partial charge is 0.245 e. The maximum Gasteiger partial charge on any atom is 0.245 e. The number of carbonyl (C=O) groups excluding carboxylic acids is 5. The molecule has 0 rings (SSSR count). The lowest BCUT2D eigenvalue weighted by atomic mass is 9.97. The average Bonchev–Trinajstić information content (AvgIpc) is 2.82. The molecule has 0 aliphatic heterocycles. The number of nitrogens with two attached hydrogens (primary N) is 1. The first-order chi connectivity index (χ1) is 16.4. The van der Waals surface area contributed by atoms with Crippen molar-refractivity contribution >= 4 is 41.7 Å². The van der Waals surface area contributed by atoms with Crippen LogP contribution in [0.1, 0.15) is 53.9 Å². The predicted molar refractivity (Wildman–Crippen MR) is 136 cm³/mol. The Morgan fingerprint density at radius 2 is 1.40 bits per heavy atom. The van der Waals surface area contributed by atoms with Crippen molar-refractivity contribution in [2.24, 2.45) is 17.6 Å². The number of aliphatic hydroxyl groups excluding tert-OH is 1. The minimum atomic E-state index is -1.34. The maximum atomic E-state index is 12.9. The lowest BCUT2D eigenvalue weighted by Gasteiger charge is -2.26. The summed E-state index contributed by atoms with van der Waals surface area (Å²) >= 11 is 1.47. The summed E-state index contributed by atoms with van der Waals surface area (Å²) in [6.45, 7) is 8.30. The van der Waals surface area contributed by atoms with Crippen molar-refractivity contribution in [2.45, 2.75) is 84.1 Å². The molecule has 12 heteroatoms.